The van der Waals surface area contributed by atoms with Gasteiger partial charge in [-0.3, -0.25) is 14.6 Å². The molecule has 0 saturated heterocycles. The Labute approximate surface area is 186 Å². The number of alkyl halides is 2. The molecule has 0 aliphatic heterocycles. The fourth-order valence-electron chi connectivity index (χ4n) is 5.87. The minimum atomic E-state index is -2.69. The zero-order valence-electron chi connectivity index (χ0n) is 18.7. The molecule has 9 heteroatoms. The summed E-state index contributed by atoms with van der Waals surface area (Å²) in [4.78, 5) is 12.8. The van der Waals surface area contributed by atoms with Crippen LogP contribution in [0.3, 0.4) is 0 Å². The molecule has 4 atom stereocenters. The number of hydrogen-bond donors (Lipinski definition) is 3. The van der Waals surface area contributed by atoms with Crippen molar-refractivity contribution < 1.29 is 18.7 Å². The lowest BCUT2D eigenvalue weighted by Gasteiger charge is -2.33. The van der Waals surface area contributed by atoms with E-state index in [1.54, 1.807) is 13.1 Å². The van der Waals surface area contributed by atoms with Crippen LogP contribution in [0, 0.1) is 23.2 Å². The second kappa shape index (κ2) is 7.37. The minimum absolute atomic E-state index is 0.172. The Balaban J connectivity index is 1.22. The number of nitrogens with one attached hydrogen (secondary N) is 2. The Morgan fingerprint density at radius 3 is 2.72 bits per heavy atom. The lowest BCUT2D eigenvalue weighted by Crippen LogP contribution is -2.28. The molecule has 3 N–H and O–H groups in total. The summed E-state index contributed by atoms with van der Waals surface area (Å²) < 4.78 is 30.2. The normalized spacial score (nSPS) is 32.5. The van der Waals surface area contributed by atoms with Gasteiger partial charge in [-0.1, -0.05) is 13.8 Å². The molecule has 0 radical (unpaired) electrons. The third-order valence-corrected chi connectivity index (χ3v) is 8.48. The van der Waals surface area contributed by atoms with Crippen molar-refractivity contribution in [3.05, 3.63) is 29.3 Å². The number of carbonyl (C=O) groups is 1. The van der Waals surface area contributed by atoms with Crippen LogP contribution in [0.2, 0.25) is 0 Å². The lowest BCUT2D eigenvalue weighted by atomic mass is 9.77. The van der Waals surface area contributed by atoms with Gasteiger partial charge in [0.25, 0.3) is 11.8 Å². The Kier molecular flexibility index (Phi) is 4.96. The maximum Gasteiger partial charge on any atom is 0.276 e. The van der Waals surface area contributed by atoms with E-state index in [9.17, 15) is 18.7 Å². The summed E-state index contributed by atoms with van der Waals surface area (Å²) in [5, 5.41) is 24.1. The van der Waals surface area contributed by atoms with Crippen LogP contribution >= 0.6 is 0 Å². The summed E-state index contributed by atoms with van der Waals surface area (Å²) in [6.07, 6.45) is 7.59. The topological polar surface area (TPSA) is 95.8 Å². The number of aromatic nitrogens is 4. The van der Waals surface area contributed by atoms with Gasteiger partial charge in [0.05, 0.1) is 24.0 Å². The lowest BCUT2D eigenvalue weighted by molar-refractivity contribution is 0.0630. The van der Waals surface area contributed by atoms with Crippen LogP contribution in [-0.2, 0) is 12.8 Å². The summed E-state index contributed by atoms with van der Waals surface area (Å²) in [7, 11) is 0. The predicted molar refractivity (Wildman–Crippen MR) is 115 cm³/mol. The minimum Gasteiger partial charge on any atom is -0.393 e. The first kappa shape index (κ1) is 21.6. The van der Waals surface area contributed by atoms with Crippen molar-refractivity contribution >= 4 is 11.6 Å². The van der Waals surface area contributed by atoms with Gasteiger partial charge in [0, 0.05) is 35.2 Å². The third kappa shape index (κ3) is 3.27. The van der Waals surface area contributed by atoms with Crippen molar-refractivity contribution in [1.29, 1.82) is 0 Å². The number of nitrogens with zero attached hydrogens (tertiary/aromatic N) is 3. The van der Waals surface area contributed by atoms with E-state index >= 15 is 0 Å². The number of anilines is 1. The van der Waals surface area contributed by atoms with E-state index < -0.39 is 23.2 Å². The number of hydrogen-bond acceptors (Lipinski definition) is 4. The van der Waals surface area contributed by atoms with Gasteiger partial charge < -0.3 is 10.4 Å². The number of fused-ring (bicyclic) bond motifs is 2. The zero-order chi connectivity index (χ0) is 22.8. The van der Waals surface area contributed by atoms with Crippen LogP contribution in [0.25, 0.3) is 0 Å². The van der Waals surface area contributed by atoms with Gasteiger partial charge in [-0.15, -0.1) is 0 Å². The van der Waals surface area contributed by atoms with Crippen molar-refractivity contribution in [2.75, 3.05) is 5.32 Å². The monoisotopic (exact) mass is 447 g/mol. The van der Waals surface area contributed by atoms with Gasteiger partial charge in [0.1, 0.15) is 0 Å². The van der Waals surface area contributed by atoms with E-state index in [-0.39, 0.29) is 36.6 Å². The Morgan fingerprint density at radius 2 is 2.03 bits per heavy atom. The largest absolute Gasteiger partial charge is 0.393 e. The van der Waals surface area contributed by atoms with E-state index in [0.717, 1.165) is 25.7 Å². The van der Waals surface area contributed by atoms with Crippen LogP contribution in [-0.4, -0.2) is 43.0 Å². The van der Waals surface area contributed by atoms with E-state index in [1.165, 1.54) is 0 Å². The van der Waals surface area contributed by atoms with Gasteiger partial charge in [0.2, 0.25) is 0 Å². The molecule has 32 heavy (non-hydrogen) atoms. The maximum atomic E-state index is 14.1. The van der Waals surface area contributed by atoms with Gasteiger partial charge in [0.15, 0.2) is 5.69 Å². The molecule has 7 nitrogen and oxygen atoms in total. The summed E-state index contributed by atoms with van der Waals surface area (Å²) in [6.45, 7) is 5.56. The predicted octanol–water partition coefficient (Wildman–Crippen LogP) is 3.98. The van der Waals surface area contributed by atoms with Crippen LogP contribution in [0.1, 0.15) is 74.2 Å². The van der Waals surface area contributed by atoms with Crippen LogP contribution in [0.4, 0.5) is 14.5 Å². The van der Waals surface area contributed by atoms with Crippen molar-refractivity contribution in [2.45, 2.75) is 77.4 Å². The number of amides is 1. The van der Waals surface area contributed by atoms with Gasteiger partial charge in [-0.05, 0) is 50.9 Å². The second-order valence-corrected chi connectivity index (χ2v) is 10.3. The molecular formula is C23H31F2N5O2. The van der Waals surface area contributed by atoms with Crippen molar-refractivity contribution in [1.82, 2.24) is 20.0 Å². The Hall–Kier alpha value is -2.29. The first-order valence-electron chi connectivity index (χ1n) is 11.6. The van der Waals surface area contributed by atoms with E-state index in [4.69, 9.17) is 0 Å². The number of rotatable bonds is 5. The van der Waals surface area contributed by atoms with Crippen LogP contribution in [0.15, 0.2) is 12.4 Å². The quantitative estimate of drug-likeness (QED) is 0.646. The molecule has 0 aromatic carbocycles. The zero-order valence-corrected chi connectivity index (χ0v) is 18.7. The summed E-state index contributed by atoms with van der Waals surface area (Å²) >= 11 is 0. The average molecular weight is 448 g/mol. The molecule has 0 bridgehead atoms. The number of aromatic amines is 1. The third-order valence-electron chi connectivity index (χ3n) is 8.48. The molecule has 2 unspecified atom stereocenters. The summed E-state index contributed by atoms with van der Waals surface area (Å²) in [6, 6.07) is 0.269. The molecular weight excluding hydrogens is 416 g/mol. The summed E-state index contributed by atoms with van der Waals surface area (Å²) in [5.41, 5.74) is 1.01. The molecule has 2 aromatic rings. The average Bonchev–Trinajstić information content (AvgIpc) is 3.19. The smallest absolute Gasteiger partial charge is 0.276 e. The van der Waals surface area contributed by atoms with E-state index in [2.05, 4.69) is 27.5 Å². The van der Waals surface area contributed by atoms with Crippen LogP contribution in [0.5, 0.6) is 0 Å². The molecule has 0 spiro atoms. The highest BCUT2D eigenvalue weighted by molar-refractivity contribution is 6.04. The van der Waals surface area contributed by atoms with Crippen LogP contribution < -0.4 is 5.32 Å². The number of H-pyrrole nitrogens is 1. The molecule has 174 valence electrons. The first-order valence-corrected chi connectivity index (χ1v) is 11.6. The van der Waals surface area contributed by atoms with Gasteiger partial charge in [-0.2, -0.15) is 10.2 Å². The SMILES string of the molecule is CC(O)C(C)[C@H]1CC[C@H](n2cc(NC(=O)c3n[nH]c4c3C[C@@H]3C(F)(F)[C@]3(C)C4)cn2)CC1. The highest BCUT2D eigenvalue weighted by atomic mass is 19.3. The molecule has 1 amide bonds. The number of carbonyl (C=O) groups excluding carboxylic acids is 1. The second-order valence-electron chi connectivity index (χ2n) is 10.3. The highest BCUT2D eigenvalue weighted by Crippen LogP contribution is 2.70. The maximum absolute atomic E-state index is 14.1. The molecule has 2 heterocycles. The summed E-state index contributed by atoms with van der Waals surface area (Å²) in [5.74, 6) is -3.00. The van der Waals surface area contributed by atoms with Crippen molar-refractivity contribution in [3.63, 3.8) is 0 Å². The number of aliphatic hydroxyl groups excluding tert-OH is 1. The molecule has 2 fully saturated rings. The number of aliphatic hydroxyl groups is 1. The van der Waals surface area contributed by atoms with Crippen molar-refractivity contribution in [2.24, 2.45) is 23.2 Å². The number of halogens is 2. The highest BCUT2D eigenvalue weighted by Gasteiger charge is 2.78. The van der Waals surface area contributed by atoms with Gasteiger partial charge in [-0.25, -0.2) is 8.78 Å². The molecule has 3 aliphatic carbocycles. The van der Waals surface area contributed by atoms with E-state index in [0.29, 0.717) is 22.9 Å². The molecule has 5 rings (SSSR count). The molecule has 2 saturated carbocycles. The standard InChI is InChI=1S/C23H31F2N5O2/c1-12(13(2)31)14-4-6-16(7-5-14)30-11-15(10-26-30)27-21(32)20-17-8-19-22(3,23(19,24)25)9-18(17)28-29-20/h10-14,16,19,31H,4-9H2,1-3H3,(H,27,32)(H,28,29)/t12?,13?,14-,16-,19-,22+/m0/s1. The van der Waals surface area contributed by atoms with E-state index in [1.807, 2.05) is 17.8 Å². The van der Waals surface area contributed by atoms with Crippen molar-refractivity contribution in [3.8, 4) is 0 Å². The van der Waals surface area contributed by atoms with Gasteiger partial charge >= 0.3 is 0 Å². The molecule has 2 aromatic heterocycles. The Bertz CT molecular complexity index is 1020. The molecule has 3 aliphatic rings. The Morgan fingerprint density at radius 1 is 1.31 bits per heavy atom. The fraction of sp³-hybridized carbons (Fsp3) is 0.696. The fourth-order valence-corrected chi connectivity index (χ4v) is 5.87. The first-order chi connectivity index (χ1) is 15.1.